The number of benzene rings is 2. The van der Waals surface area contributed by atoms with Crippen LogP contribution in [0.5, 0.6) is 5.75 Å². The molecule has 7 heteroatoms. The first kappa shape index (κ1) is 20.5. The van der Waals surface area contributed by atoms with Gasteiger partial charge in [0.05, 0.1) is 25.3 Å². The molecule has 1 aliphatic heterocycles. The van der Waals surface area contributed by atoms with E-state index in [-0.39, 0.29) is 30.2 Å². The molecular formula is C22H23FN2O4. The van der Waals surface area contributed by atoms with Crippen LogP contribution in [0, 0.1) is 5.82 Å². The largest absolute Gasteiger partial charge is 0.494 e. The lowest BCUT2D eigenvalue weighted by molar-refractivity contribution is -0.137. The Bertz CT molecular complexity index is 907. The number of ether oxygens (including phenoxy) is 2. The highest BCUT2D eigenvalue weighted by Gasteiger charge is 2.38. The summed E-state index contributed by atoms with van der Waals surface area (Å²) in [5.74, 6) is -0.545. The maximum absolute atomic E-state index is 13.2. The van der Waals surface area contributed by atoms with Crippen molar-refractivity contribution in [3.63, 3.8) is 0 Å². The second-order valence-corrected chi connectivity index (χ2v) is 6.51. The van der Waals surface area contributed by atoms with Gasteiger partial charge >= 0.3 is 0 Å². The van der Waals surface area contributed by atoms with Crippen LogP contribution in [-0.2, 0) is 14.3 Å². The van der Waals surface area contributed by atoms with Crippen LogP contribution in [0.4, 0.5) is 10.1 Å². The van der Waals surface area contributed by atoms with E-state index in [4.69, 9.17) is 9.47 Å². The lowest BCUT2D eigenvalue weighted by atomic mass is 10.0. The van der Waals surface area contributed by atoms with Crippen molar-refractivity contribution >= 4 is 23.1 Å². The first-order valence-electron chi connectivity index (χ1n) is 9.40. The zero-order chi connectivity index (χ0) is 20.8. The van der Waals surface area contributed by atoms with Gasteiger partial charge in [-0.3, -0.25) is 14.5 Å². The van der Waals surface area contributed by atoms with Crippen molar-refractivity contribution in [3.8, 4) is 5.75 Å². The second-order valence-electron chi connectivity index (χ2n) is 6.51. The average molecular weight is 398 g/mol. The van der Waals surface area contributed by atoms with E-state index in [1.165, 1.54) is 31.4 Å². The second kappa shape index (κ2) is 9.34. The van der Waals surface area contributed by atoms with E-state index in [0.29, 0.717) is 23.6 Å². The first-order chi connectivity index (χ1) is 14.0. The van der Waals surface area contributed by atoms with Gasteiger partial charge in [0.1, 0.15) is 17.3 Å². The fourth-order valence-corrected chi connectivity index (χ4v) is 2.96. The van der Waals surface area contributed by atoms with E-state index in [9.17, 15) is 14.0 Å². The number of hydrogen-bond donors (Lipinski definition) is 1. The molecule has 0 spiro atoms. The number of carbonyl (C=O) groups excluding carboxylic acids is 2. The molecule has 2 aromatic rings. The number of anilines is 1. The molecular weight excluding hydrogens is 375 g/mol. The van der Waals surface area contributed by atoms with Gasteiger partial charge in [0, 0.05) is 12.8 Å². The standard InChI is InChI=1S/C22H23FN2O4/c1-3-13-29-18-10-4-15(5-11-18)19-20(24-17-8-6-16(23)7-9-17)22(27)25(21(19)26)12-14-28-2/h4-11,24H,3,12-14H2,1-2H3. The fraction of sp³-hybridized carbons (Fsp3) is 0.273. The molecule has 152 valence electrons. The summed E-state index contributed by atoms with van der Waals surface area (Å²) in [6, 6.07) is 12.6. The number of nitrogens with one attached hydrogen (secondary N) is 1. The highest BCUT2D eigenvalue weighted by atomic mass is 19.1. The van der Waals surface area contributed by atoms with Crippen molar-refractivity contribution in [2.45, 2.75) is 13.3 Å². The Balaban J connectivity index is 1.95. The quantitative estimate of drug-likeness (QED) is 0.656. The number of halogens is 1. The minimum atomic E-state index is -0.447. The molecule has 2 amide bonds. The summed E-state index contributed by atoms with van der Waals surface area (Å²) >= 11 is 0. The highest BCUT2D eigenvalue weighted by molar-refractivity contribution is 6.36. The number of rotatable bonds is 9. The van der Waals surface area contributed by atoms with Crippen LogP contribution in [0.25, 0.3) is 5.57 Å². The third kappa shape index (κ3) is 4.63. The number of hydrogen-bond acceptors (Lipinski definition) is 5. The zero-order valence-corrected chi connectivity index (χ0v) is 16.4. The third-order valence-corrected chi connectivity index (χ3v) is 4.42. The van der Waals surface area contributed by atoms with E-state index in [0.717, 1.165) is 11.3 Å². The number of carbonyl (C=O) groups is 2. The molecule has 0 fully saturated rings. The number of imide groups is 1. The van der Waals surface area contributed by atoms with Gasteiger partial charge in [0.15, 0.2) is 0 Å². The van der Waals surface area contributed by atoms with Crippen molar-refractivity contribution in [2.75, 3.05) is 32.2 Å². The molecule has 6 nitrogen and oxygen atoms in total. The maximum Gasteiger partial charge on any atom is 0.278 e. The molecule has 1 heterocycles. The number of nitrogens with zero attached hydrogens (tertiary/aromatic N) is 1. The lowest BCUT2D eigenvalue weighted by Gasteiger charge is -2.14. The van der Waals surface area contributed by atoms with Crippen LogP contribution in [0.15, 0.2) is 54.2 Å². The summed E-state index contributed by atoms with van der Waals surface area (Å²) in [4.78, 5) is 27.1. The van der Waals surface area contributed by atoms with E-state index < -0.39 is 11.8 Å². The van der Waals surface area contributed by atoms with Gasteiger partial charge in [-0.2, -0.15) is 0 Å². The smallest absolute Gasteiger partial charge is 0.278 e. The lowest BCUT2D eigenvalue weighted by Crippen LogP contribution is -2.35. The minimum absolute atomic E-state index is 0.143. The number of methoxy groups -OCH3 is 1. The van der Waals surface area contributed by atoms with E-state index >= 15 is 0 Å². The highest BCUT2D eigenvalue weighted by Crippen LogP contribution is 2.31. The minimum Gasteiger partial charge on any atom is -0.494 e. The summed E-state index contributed by atoms with van der Waals surface area (Å²) in [5, 5.41) is 2.98. The molecule has 0 radical (unpaired) electrons. The Kier molecular flexibility index (Phi) is 6.61. The third-order valence-electron chi connectivity index (χ3n) is 4.42. The molecule has 0 bridgehead atoms. The molecule has 0 atom stereocenters. The number of amides is 2. The van der Waals surface area contributed by atoms with Gasteiger partial charge in [-0.1, -0.05) is 19.1 Å². The summed E-state index contributed by atoms with van der Waals surface area (Å²) < 4.78 is 23.8. The van der Waals surface area contributed by atoms with Crippen molar-refractivity contribution in [3.05, 3.63) is 65.6 Å². The van der Waals surface area contributed by atoms with Crippen LogP contribution in [0.2, 0.25) is 0 Å². The molecule has 0 saturated heterocycles. The van der Waals surface area contributed by atoms with Crippen LogP contribution in [0.1, 0.15) is 18.9 Å². The molecule has 29 heavy (non-hydrogen) atoms. The van der Waals surface area contributed by atoms with E-state index in [2.05, 4.69) is 5.32 Å². The van der Waals surface area contributed by atoms with Gasteiger partial charge in [-0.05, 0) is 48.4 Å². The molecule has 1 N–H and O–H groups in total. The Hall–Kier alpha value is -3.19. The normalized spacial score (nSPS) is 14.0. The van der Waals surface area contributed by atoms with Crippen LogP contribution in [0.3, 0.4) is 0 Å². The van der Waals surface area contributed by atoms with Crippen molar-refractivity contribution in [1.29, 1.82) is 0 Å². The van der Waals surface area contributed by atoms with Crippen molar-refractivity contribution in [2.24, 2.45) is 0 Å². The van der Waals surface area contributed by atoms with Crippen molar-refractivity contribution < 1.29 is 23.5 Å². The predicted octanol–water partition coefficient (Wildman–Crippen LogP) is 3.45. The van der Waals surface area contributed by atoms with E-state index in [1.807, 2.05) is 6.92 Å². The van der Waals surface area contributed by atoms with Gasteiger partial charge in [0.25, 0.3) is 11.8 Å². The van der Waals surface area contributed by atoms with Crippen LogP contribution >= 0.6 is 0 Å². The van der Waals surface area contributed by atoms with Crippen LogP contribution in [-0.4, -0.2) is 43.6 Å². The Morgan fingerprint density at radius 2 is 1.66 bits per heavy atom. The molecule has 3 rings (SSSR count). The van der Waals surface area contributed by atoms with Gasteiger partial charge in [-0.15, -0.1) is 0 Å². The summed E-state index contributed by atoms with van der Waals surface area (Å²) in [5.41, 5.74) is 1.52. The van der Waals surface area contributed by atoms with E-state index in [1.54, 1.807) is 24.3 Å². The molecule has 0 unspecified atom stereocenters. The molecule has 0 aliphatic carbocycles. The topological polar surface area (TPSA) is 67.9 Å². The molecule has 1 aliphatic rings. The Morgan fingerprint density at radius 1 is 0.966 bits per heavy atom. The Morgan fingerprint density at radius 3 is 2.28 bits per heavy atom. The summed E-state index contributed by atoms with van der Waals surface area (Å²) in [7, 11) is 1.51. The Labute approximate surface area is 168 Å². The van der Waals surface area contributed by atoms with Gasteiger partial charge in [0.2, 0.25) is 0 Å². The van der Waals surface area contributed by atoms with Crippen molar-refractivity contribution in [1.82, 2.24) is 4.90 Å². The SMILES string of the molecule is CCCOc1ccc(C2=C(Nc3ccc(F)cc3)C(=O)N(CCOC)C2=O)cc1. The predicted molar refractivity (Wildman–Crippen MR) is 108 cm³/mol. The fourth-order valence-electron chi connectivity index (χ4n) is 2.96. The van der Waals surface area contributed by atoms with Gasteiger partial charge in [-0.25, -0.2) is 4.39 Å². The first-order valence-corrected chi connectivity index (χ1v) is 9.40. The summed E-state index contributed by atoms with van der Waals surface area (Å²) in [6.07, 6.45) is 0.889. The monoisotopic (exact) mass is 398 g/mol. The average Bonchev–Trinajstić information content (AvgIpc) is 2.96. The molecule has 2 aromatic carbocycles. The van der Waals surface area contributed by atoms with Gasteiger partial charge < -0.3 is 14.8 Å². The molecule has 0 saturated carbocycles. The maximum atomic E-state index is 13.2. The molecule has 0 aromatic heterocycles. The van der Waals surface area contributed by atoms with Crippen LogP contribution < -0.4 is 10.1 Å². The summed E-state index contributed by atoms with van der Waals surface area (Å²) in [6.45, 7) is 2.99. The zero-order valence-electron chi connectivity index (χ0n) is 16.4.